The topological polar surface area (TPSA) is 83.1 Å². The molecule has 0 aliphatic carbocycles. The van der Waals surface area contributed by atoms with Gasteiger partial charge >= 0.3 is 0 Å². The Morgan fingerprint density at radius 2 is 1.68 bits per heavy atom. The highest BCUT2D eigenvalue weighted by atomic mass is 35.5. The largest absolute Gasteiger partial charge is 0.378 e. The van der Waals surface area contributed by atoms with Gasteiger partial charge in [0, 0.05) is 48.0 Å². The van der Waals surface area contributed by atoms with E-state index in [-0.39, 0.29) is 11.7 Å². The number of anilines is 2. The van der Waals surface area contributed by atoms with Crippen molar-refractivity contribution in [3.05, 3.63) is 82.9 Å². The lowest BCUT2D eigenvalue weighted by Gasteiger charge is -2.28. The number of imidazole rings is 1. The van der Waals surface area contributed by atoms with E-state index in [1.54, 1.807) is 24.5 Å². The Bertz CT molecular complexity index is 1300. The van der Waals surface area contributed by atoms with Crippen molar-refractivity contribution in [2.45, 2.75) is 0 Å². The number of pyridine rings is 1. The number of nitrogens with zero attached hydrogens (tertiary/aromatic N) is 3. The molecule has 34 heavy (non-hydrogen) atoms. The van der Waals surface area contributed by atoms with Crippen molar-refractivity contribution in [3.63, 3.8) is 0 Å². The Morgan fingerprint density at radius 1 is 0.941 bits per heavy atom. The molecule has 0 radical (unpaired) electrons. The molecule has 0 bridgehead atoms. The van der Waals surface area contributed by atoms with E-state index in [2.05, 4.69) is 25.2 Å². The molecule has 3 heterocycles. The van der Waals surface area contributed by atoms with Crippen molar-refractivity contribution >= 4 is 40.5 Å². The summed E-state index contributed by atoms with van der Waals surface area (Å²) < 4.78 is 5.41. The van der Waals surface area contributed by atoms with E-state index in [9.17, 15) is 4.79 Å². The van der Waals surface area contributed by atoms with Crippen molar-refractivity contribution in [1.82, 2.24) is 15.0 Å². The summed E-state index contributed by atoms with van der Waals surface area (Å²) in [5.41, 5.74) is 4.65. The van der Waals surface area contributed by atoms with E-state index in [0.29, 0.717) is 27.1 Å². The molecule has 0 unspecified atom stereocenters. The normalized spacial score (nSPS) is 13.6. The molecule has 1 aliphatic heterocycles. The number of benzene rings is 2. The van der Waals surface area contributed by atoms with Crippen LogP contribution in [0.1, 0.15) is 10.6 Å². The molecule has 1 aliphatic rings. The zero-order valence-corrected chi connectivity index (χ0v) is 19.6. The smallest absolute Gasteiger partial charge is 0.291 e. The number of hydrogen-bond acceptors (Lipinski definition) is 5. The van der Waals surface area contributed by atoms with Gasteiger partial charge in [-0.25, -0.2) is 4.98 Å². The van der Waals surface area contributed by atoms with Gasteiger partial charge in [-0.15, -0.1) is 0 Å². The van der Waals surface area contributed by atoms with Crippen LogP contribution in [0.3, 0.4) is 0 Å². The van der Waals surface area contributed by atoms with Gasteiger partial charge in [0.2, 0.25) is 0 Å². The molecule has 2 N–H and O–H groups in total. The van der Waals surface area contributed by atoms with Gasteiger partial charge in [0.15, 0.2) is 5.82 Å². The molecule has 0 spiro atoms. The Morgan fingerprint density at radius 3 is 2.38 bits per heavy atom. The van der Waals surface area contributed by atoms with Crippen molar-refractivity contribution in [1.29, 1.82) is 0 Å². The van der Waals surface area contributed by atoms with Crippen molar-refractivity contribution in [3.8, 4) is 22.5 Å². The molecule has 4 aromatic rings. The third-order valence-electron chi connectivity index (χ3n) is 5.58. The molecule has 9 heteroatoms. The number of aromatic nitrogens is 3. The number of morpholine rings is 1. The highest BCUT2D eigenvalue weighted by Gasteiger charge is 2.19. The van der Waals surface area contributed by atoms with Crippen LogP contribution in [0.2, 0.25) is 10.0 Å². The summed E-state index contributed by atoms with van der Waals surface area (Å²) in [6.07, 6.45) is 3.37. The van der Waals surface area contributed by atoms with Gasteiger partial charge < -0.3 is 19.9 Å². The molecular weight excluding hydrogens is 473 g/mol. The number of ether oxygens (including phenoxy) is 1. The first-order valence-corrected chi connectivity index (χ1v) is 11.5. The van der Waals surface area contributed by atoms with Crippen LogP contribution in [0.25, 0.3) is 22.5 Å². The molecule has 2 aromatic carbocycles. The van der Waals surface area contributed by atoms with Gasteiger partial charge in [-0.3, -0.25) is 9.78 Å². The molecule has 1 saturated heterocycles. The van der Waals surface area contributed by atoms with Gasteiger partial charge in [-0.05, 0) is 48.5 Å². The maximum atomic E-state index is 13.1. The average Bonchev–Trinajstić information content (AvgIpc) is 3.33. The summed E-state index contributed by atoms with van der Waals surface area (Å²) in [5.74, 6) is -0.161. The SMILES string of the molecule is O=C(Nc1ccc(N2CCOCC2)cc1)c1nc(-c2ccc(Cl)c(Cl)c2)c(-c2ccncc2)[nH]1. The van der Waals surface area contributed by atoms with Crippen LogP contribution >= 0.6 is 23.2 Å². The molecule has 5 rings (SSSR count). The minimum atomic E-state index is -0.347. The monoisotopic (exact) mass is 493 g/mol. The fourth-order valence-corrected chi connectivity index (χ4v) is 4.13. The van der Waals surface area contributed by atoms with Crippen molar-refractivity contribution in [2.24, 2.45) is 0 Å². The number of nitrogens with one attached hydrogen (secondary N) is 2. The van der Waals surface area contributed by atoms with Crippen LogP contribution in [0, 0.1) is 0 Å². The minimum Gasteiger partial charge on any atom is -0.378 e. The summed E-state index contributed by atoms with van der Waals surface area (Å²) in [4.78, 5) is 27.2. The number of halogens is 2. The van der Waals surface area contributed by atoms with Crippen LogP contribution in [0.5, 0.6) is 0 Å². The highest BCUT2D eigenvalue weighted by Crippen LogP contribution is 2.33. The molecular formula is C25H21Cl2N5O2. The summed E-state index contributed by atoms with van der Waals surface area (Å²) in [7, 11) is 0. The number of carbonyl (C=O) groups is 1. The Kier molecular flexibility index (Phi) is 6.49. The average molecular weight is 494 g/mol. The van der Waals surface area contributed by atoms with Crippen molar-refractivity contribution < 1.29 is 9.53 Å². The Hall–Kier alpha value is -3.39. The van der Waals surface area contributed by atoms with E-state index in [1.165, 1.54) is 0 Å². The Labute approximate surface area is 206 Å². The van der Waals surface area contributed by atoms with Crippen LogP contribution < -0.4 is 10.2 Å². The first kappa shape index (κ1) is 22.4. The molecule has 1 amide bonds. The number of carbonyl (C=O) groups excluding carboxylic acids is 1. The van der Waals surface area contributed by atoms with E-state index in [4.69, 9.17) is 27.9 Å². The first-order chi connectivity index (χ1) is 16.6. The Balaban J connectivity index is 1.42. The number of H-pyrrole nitrogens is 1. The fraction of sp³-hybridized carbons (Fsp3) is 0.160. The predicted octanol–water partition coefficient (Wildman–Crippen LogP) is 5.53. The van der Waals surface area contributed by atoms with E-state index >= 15 is 0 Å². The standard InChI is InChI=1S/C25H21Cl2N5O2/c26-20-6-1-17(15-21(20)27)23-22(16-7-9-28-10-8-16)30-24(31-23)25(33)29-18-2-4-19(5-3-18)32-11-13-34-14-12-32/h1-10,15H,11-14H2,(H,29,33)(H,30,31). The van der Waals surface area contributed by atoms with Crippen LogP contribution in [0.15, 0.2) is 67.0 Å². The maximum Gasteiger partial charge on any atom is 0.291 e. The van der Waals surface area contributed by atoms with Crippen LogP contribution in [-0.4, -0.2) is 47.2 Å². The zero-order valence-electron chi connectivity index (χ0n) is 18.1. The number of hydrogen-bond donors (Lipinski definition) is 2. The maximum absolute atomic E-state index is 13.1. The fourth-order valence-electron chi connectivity index (χ4n) is 3.83. The lowest BCUT2D eigenvalue weighted by Crippen LogP contribution is -2.36. The first-order valence-electron chi connectivity index (χ1n) is 10.8. The quantitative estimate of drug-likeness (QED) is 0.381. The second-order valence-electron chi connectivity index (χ2n) is 7.77. The van der Waals surface area contributed by atoms with Gasteiger partial charge in [0.25, 0.3) is 5.91 Å². The zero-order chi connectivity index (χ0) is 23.5. The predicted molar refractivity (Wildman–Crippen MR) is 135 cm³/mol. The summed E-state index contributed by atoms with van der Waals surface area (Å²) >= 11 is 12.3. The van der Waals surface area contributed by atoms with Crippen LogP contribution in [-0.2, 0) is 4.74 Å². The molecule has 172 valence electrons. The van der Waals surface area contributed by atoms with Crippen LogP contribution in [0.4, 0.5) is 11.4 Å². The summed E-state index contributed by atoms with van der Waals surface area (Å²) in [5, 5.41) is 3.78. The van der Waals surface area contributed by atoms with Gasteiger partial charge in [-0.1, -0.05) is 29.3 Å². The van der Waals surface area contributed by atoms with Gasteiger partial charge in [0.1, 0.15) is 0 Å². The lowest BCUT2D eigenvalue weighted by atomic mass is 10.1. The highest BCUT2D eigenvalue weighted by molar-refractivity contribution is 6.42. The summed E-state index contributed by atoms with van der Waals surface area (Å²) in [6, 6.07) is 16.7. The van der Waals surface area contributed by atoms with E-state index in [0.717, 1.165) is 43.1 Å². The van der Waals surface area contributed by atoms with E-state index in [1.807, 2.05) is 42.5 Å². The second kappa shape index (κ2) is 9.85. The molecule has 2 aromatic heterocycles. The molecule has 0 saturated carbocycles. The summed E-state index contributed by atoms with van der Waals surface area (Å²) in [6.45, 7) is 3.15. The van der Waals surface area contributed by atoms with E-state index < -0.39 is 0 Å². The number of amides is 1. The molecule has 1 fully saturated rings. The van der Waals surface area contributed by atoms with Gasteiger partial charge in [-0.2, -0.15) is 0 Å². The minimum absolute atomic E-state index is 0.185. The van der Waals surface area contributed by atoms with Crippen molar-refractivity contribution in [2.75, 3.05) is 36.5 Å². The second-order valence-corrected chi connectivity index (χ2v) is 8.59. The number of rotatable bonds is 5. The number of aromatic amines is 1. The third-order valence-corrected chi connectivity index (χ3v) is 6.32. The lowest BCUT2D eigenvalue weighted by molar-refractivity contribution is 0.101. The molecule has 0 atom stereocenters. The third kappa shape index (κ3) is 4.77. The van der Waals surface area contributed by atoms with Gasteiger partial charge in [0.05, 0.1) is 34.6 Å². The molecule has 7 nitrogen and oxygen atoms in total.